The quantitative estimate of drug-likeness (QED) is 0.347. The van der Waals surface area contributed by atoms with Crippen molar-refractivity contribution in [2.45, 2.75) is 13.8 Å². The van der Waals surface area contributed by atoms with Crippen LogP contribution in [0.15, 0.2) is 29.4 Å². The maximum atomic E-state index is 5.31. The van der Waals surface area contributed by atoms with E-state index >= 15 is 0 Å². The van der Waals surface area contributed by atoms with Crippen molar-refractivity contribution >= 4 is 30.3 Å². The van der Waals surface area contributed by atoms with Gasteiger partial charge in [0.2, 0.25) is 5.69 Å². The summed E-state index contributed by atoms with van der Waals surface area (Å²) in [5.74, 6) is 0.0459. The monoisotopic (exact) mass is 227 g/mol. The summed E-state index contributed by atoms with van der Waals surface area (Å²) in [4.78, 5) is 0. The minimum atomic E-state index is 0. The van der Waals surface area contributed by atoms with Crippen LogP contribution in [0.3, 0.4) is 0 Å². The average Bonchev–Trinajstić information content (AvgIpc) is 2.14. The van der Waals surface area contributed by atoms with Crippen LogP contribution in [0.4, 0.5) is 5.69 Å². The molecule has 0 aliphatic rings. The second-order valence-corrected chi connectivity index (χ2v) is 2.97. The molecule has 0 saturated carbocycles. The van der Waals surface area contributed by atoms with Crippen LogP contribution in [0.25, 0.3) is 0 Å². The lowest BCUT2D eigenvalue weighted by molar-refractivity contribution is -0.441. The van der Waals surface area contributed by atoms with Crippen LogP contribution in [0.2, 0.25) is 0 Å². The Morgan fingerprint density at radius 2 is 2.07 bits per heavy atom. The molecule has 4 N–H and O–H groups in total. The lowest BCUT2D eigenvalue weighted by Gasteiger charge is -1.95. The van der Waals surface area contributed by atoms with E-state index in [0.717, 1.165) is 5.69 Å². The van der Waals surface area contributed by atoms with E-state index in [0.29, 0.717) is 0 Å². The van der Waals surface area contributed by atoms with Crippen LogP contribution in [0.5, 0.6) is 0 Å². The minimum Gasteiger partial charge on any atom is -0.365 e. The Hall–Kier alpha value is -1.55. The van der Waals surface area contributed by atoms with E-state index in [1.807, 2.05) is 38.1 Å². The van der Waals surface area contributed by atoms with Crippen molar-refractivity contribution < 1.29 is 4.68 Å². The Morgan fingerprint density at radius 1 is 1.40 bits per heavy atom. The van der Waals surface area contributed by atoms with E-state index in [-0.39, 0.29) is 18.4 Å². The third-order valence-corrected chi connectivity index (χ3v) is 1.73. The van der Waals surface area contributed by atoms with Crippen LogP contribution >= 0.6 is 12.4 Å². The van der Waals surface area contributed by atoms with Crippen molar-refractivity contribution in [3.63, 3.8) is 0 Å². The van der Waals surface area contributed by atoms with E-state index < -0.39 is 0 Å². The highest BCUT2D eigenvalue weighted by Gasteiger charge is 2.06. The molecule has 0 spiro atoms. The molecule has 0 aromatic heterocycles. The van der Waals surface area contributed by atoms with Gasteiger partial charge in [-0.05, 0) is 12.5 Å². The zero-order valence-corrected chi connectivity index (χ0v) is 9.66. The number of hydrazone groups is 1. The summed E-state index contributed by atoms with van der Waals surface area (Å²) in [6.07, 6.45) is 1.80. The molecule has 0 saturated heterocycles. The zero-order valence-electron chi connectivity index (χ0n) is 8.84. The highest BCUT2D eigenvalue weighted by atomic mass is 35.5. The number of nitrogens with two attached hydrogens (primary N) is 2. The Bertz CT molecular complexity index is 381. The lowest BCUT2D eigenvalue weighted by atomic mass is 10.2. The van der Waals surface area contributed by atoms with E-state index in [2.05, 4.69) is 5.10 Å². The van der Waals surface area contributed by atoms with Crippen LogP contribution in [0, 0.1) is 6.92 Å². The molecule has 15 heavy (non-hydrogen) atoms. The third-order valence-electron chi connectivity index (χ3n) is 1.73. The molecule has 0 amide bonds. The van der Waals surface area contributed by atoms with Crippen molar-refractivity contribution in [3.05, 3.63) is 29.8 Å². The second-order valence-electron chi connectivity index (χ2n) is 2.97. The van der Waals surface area contributed by atoms with Gasteiger partial charge in [0.15, 0.2) is 6.21 Å². The Kier molecular flexibility index (Phi) is 5.41. The number of hydrogen-bond acceptors (Lipinski definition) is 1. The Morgan fingerprint density at radius 3 is 2.53 bits per heavy atom. The first kappa shape index (κ1) is 13.5. The van der Waals surface area contributed by atoms with Gasteiger partial charge in [0.25, 0.3) is 5.96 Å². The molecular formula is C10H16ClN4+. The molecular weight excluding hydrogens is 212 g/mol. The number of nitrogens with zero attached hydrogens (tertiary/aromatic N) is 2. The van der Waals surface area contributed by atoms with Gasteiger partial charge in [0.05, 0.1) is 0 Å². The summed E-state index contributed by atoms with van der Waals surface area (Å²) < 4.78 is 1.64. The number of rotatable bonds is 2. The summed E-state index contributed by atoms with van der Waals surface area (Å²) >= 11 is 0. The summed E-state index contributed by atoms with van der Waals surface area (Å²) in [6, 6.07) is 7.93. The van der Waals surface area contributed by atoms with Crippen LogP contribution < -0.4 is 11.5 Å². The highest BCUT2D eigenvalue weighted by molar-refractivity contribution is 5.85. The maximum absolute atomic E-state index is 5.31. The molecule has 0 radical (unpaired) electrons. The fourth-order valence-electron chi connectivity index (χ4n) is 1.16. The first-order chi connectivity index (χ1) is 6.63. The Labute approximate surface area is 95.7 Å². The molecule has 0 unspecified atom stereocenters. The Balaban J connectivity index is 0.00000196. The van der Waals surface area contributed by atoms with Gasteiger partial charge in [-0.1, -0.05) is 16.8 Å². The topological polar surface area (TPSA) is 67.4 Å². The van der Waals surface area contributed by atoms with Gasteiger partial charge in [0, 0.05) is 24.2 Å². The van der Waals surface area contributed by atoms with Gasteiger partial charge >= 0.3 is 0 Å². The molecule has 0 bridgehead atoms. The number of hydrogen-bond donors (Lipinski definition) is 2. The first-order valence-corrected chi connectivity index (χ1v) is 4.38. The molecule has 0 heterocycles. The summed E-state index contributed by atoms with van der Waals surface area (Å²) in [7, 11) is 0. The molecule has 0 atom stereocenters. The van der Waals surface area contributed by atoms with E-state index in [1.165, 1.54) is 5.56 Å². The van der Waals surface area contributed by atoms with Crippen LogP contribution in [-0.4, -0.2) is 16.9 Å². The van der Waals surface area contributed by atoms with E-state index in [4.69, 9.17) is 11.5 Å². The number of halogens is 1. The van der Waals surface area contributed by atoms with Crippen molar-refractivity contribution in [3.8, 4) is 0 Å². The van der Waals surface area contributed by atoms with Gasteiger partial charge in [0.1, 0.15) is 0 Å². The molecule has 1 rings (SSSR count). The molecule has 1 aromatic carbocycles. The lowest BCUT2D eigenvalue weighted by Crippen LogP contribution is -2.24. The molecule has 0 fully saturated rings. The zero-order chi connectivity index (χ0) is 10.6. The summed E-state index contributed by atoms with van der Waals surface area (Å²) in [6.45, 7) is 3.89. The van der Waals surface area contributed by atoms with Gasteiger partial charge in [-0.3, -0.25) is 0 Å². The maximum Gasteiger partial charge on any atom is 0.257 e. The largest absolute Gasteiger partial charge is 0.365 e. The smallest absolute Gasteiger partial charge is 0.257 e. The third kappa shape index (κ3) is 3.99. The van der Waals surface area contributed by atoms with Crippen molar-refractivity contribution in [1.82, 2.24) is 0 Å². The molecule has 4 nitrogen and oxygen atoms in total. The average molecular weight is 228 g/mol. The molecule has 0 aliphatic carbocycles. The fraction of sp³-hybridized carbons (Fsp3) is 0.200. The van der Waals surface area contributed by atoms with Crippen molar-refractivity contribution in [2.75, 3.05) is 0 Å². The summed E-state index contributed by atoms with van der Waals surface area (Å²) in [5, 5.41) is 3.96. The number of aryl methyl sites for hydroxylation is 1. The second kappa shape index (κ2) is 6.03. The van der Waals surface area contributed by atoms with Crippen molar-refractivity contribution in [1.29, 1.82) is 0 Å². The summed E-state index contributed by atoms with van der Waals surface area (Å²) in [5.41, 5.74) is 12.7. The number of guanidine groups is 1. The van der Waals surface area contributed by atoms with Gasteiger partial charge in [-0.15, -0.1) is 12.4 Å². The first-order valence-electron chi connectivity index (χ1n) is 4.38. The van der Waals surface area contributed by atoms with Crippen LogP contribution in [-0.2, 0) is 0 Å². The standard InChI is InChI=1S/C10H15N4.ClH/c1-3-14(13-10(11)12)9-6-4-5-8(2)7-9;/h3-7H,1-2H3,(H4,11,12,13);1H/q+1;. The highest BCUT2D eigenvalue weighted by Crippen LogP contribution is 2.13. The van der Waals surface area contributed by atoms with Gasteiger partial charge in [-0.25, -0.2) is 0 Å². The van der Waals surface area contributed by atoms with Gasteiger partial charge < -0.3 is 11.5 Å². The molecule has 82 valence electrons. The van der Waals surface area contributed by atoms with E-state index in [1.54, 1.807) is 10.9 Å². The van der Waals surface area contributed by atoms with Crippen LogP contribution in [0.1, 0.15) is 12.5 Å². The molecule has 0 aliphatic heterocycles. The molecule has 5 heteroatoms. The predicted octanol–water partition coefficient (Wildman–Crippen LogP) is 1.34. The van der Waals surface area contributed by atoms with E-state index in [9.17, 15) is 0 Å². The SMILES string of the molecule is CC=[N+](N=C(N)N)c1cccc(C)c1.Cl. The number of benzene rings is 1. The van der Waals surface area contributed by atoms with Gasteiger partial charge in [-0.2, -0.15) is 0 Å². The molecule has 1 aromatic rings. The van der Waals surface area contributed by atoms with Crippen molar-refractivity contribution in [2.24, 2.45) is 16.6 Å². The minimum absolute atomic E-state index is 0. The normalized spacial score (nSPS) is 10.4. The fourth-order valence-corrected chi connectivity index (χ4v) is 1.16. The predicted molar refractivity (Wildman–Crippen MR) is 65.9 cm³/mol.